The summed E-state index contributed by atoms with van der Waals surface area (Å²) in [6.07, 6.45) is 5.80. The van der Waals surface area contributed by atoms with Crippen molar-refractivity contribution in [1.82, 2.24) is 5.32 Å². The number of nitrogens with one attached hydrogen (secondary N) is 1. The number of hydrogen-bond acceptors (Lipinski definition) is 3. The van der Waals surface area contributed by atoms with Crippen molar-refractivity contribution in [2.75, 3.05) is 6.61 Å². The topological polar surface area (TPSA) is 51.5 Å². The summed E-state index contributed by atoms with van der Waals surface area (Å²) in [5, 5.41) is 4.06. The Morgan fingerprint density at radius 1 is 1.32 bits per heavy atom. The van der Waals surface area contributed by atoms with E-state index in [0.717, 1.165) is 35.1 Å². The van der Waals surface area contributed by atoms with Crippen LogP contribution in [-0.2, 0) is 0 Å². The number of hydrogen-bond donors (Lipinski definition) is 1. The van der Waals surface area contributed by atoms with Gasteiger partial charge in [-0.3, -0.25) is 4.79 Å². The molecule has 0 aliphatic heterocycles. The SMILES string of the molecule is CCOc1ccc2oc(C(=O)NC3CCCCC3)c(C)c2c1. The number of fused-ring (bicyclic) bond motifs is 1. The van der Waals surface area contributed by atoms with Gasteiger partial charge in [0.25, 0.3) is 5.91 Å². The van der Waals surface area contributed by atoms with Crippen molar-refractivity contribution in [3.63, 3.8) is 0 Å². The number of amides is 1. The first-order valence-corrected chi connectivity index (χ1v) is 8.16. The quantitative estimate of drug-likeness (QED) is 0.920. The van der Waals surface area contributed by atoms with E-state index in [4.69, 9.17) is 9.15 Å². The average Bonchev–Trinajstić information content (AvgIpc) is 2.86. The van der Waals surface area contributed by atoms with Crippen LogP contribution in [0.5, 0.6) is 5.75 Å². The molecule has 0 saturated heterocycles. The molecule has 1 N–H and O–H groups in total. The van der Waals surface area contributed by atoms with Gasteiger partial charge in [0, 0.05) is 17.0 Å². The smallest absolute Gasteiger partial charge is 0.287 e. The molecule has 3 rings (SSSR count). The summed E-state index contributed by atoms with van der Waals surface area (Å²) in [7, 11) is 0. The number of ether oxygens (including phenoxy) is 1. The van der Waals surface area contributed by atoms with Gasteiger partial charge in [-0.25, -0.2) is 0 Å². The number of aryl methyl sites for hydroxylation is 1. The molecule has 1 saturated carbocycles. The molecule has 118 valence electrons. The van der Waals surface area contributed by atoms with Crippen LogP contribution in [0.25, 0.3) is 11.0 Å². The van der Waals surface area contributed by atoms with E-state index in [-0.39, 0.29) is 11.9 Å². The molecule has 0 spiro atoms. The highest BCUT2D eigenvalue weighted by atomic mass is 16.5. The highest BCUT2D eigenvalue weighted by Crippen LogP contribution is 2.29. The van der Waals surface area contributed by atoms with Gasteiger partial charge in [0.15, 0.2) is 5.76 Å². The summed E-state index contributed by atoms with van der Waals surface area (Å²) in [4.78, 5) is 12.5. The Morgan fingerprint density at radius 2 is 2.09 bits per heavy atom. The first-order chi connectivity index (χ1) is 10.7. The first kappa shape index (κ1) is 14.9. The van der Waals surface area contributed by atoms with E-state index in [1.165, 1.54) is 19.3 Å². The molecule has 1 aliphatic carbocycles. The van der Waals surface area contributed by atoms with Gasteiger partial charge in [-0.05, 0) is 44.9 Å². The summed E-state index contributed by atoms with van der Waals surface area (Å²) >= 11 is 0. The lowest BCUT2D eigenvalue weighted by molar-refractivity contribution is 0.0901. The zero-order chi connectivity index (χ0) is 15.5. The van der Waals surface area contributed by atoms with Crippen molar-refractivity contribution in [3.05, 3.63) is 29.5 Å². The number of rotatable bonds is 4. The molecule has 0 unspecified atom stereocenters. The molecule has 1 aromatic heterocycles. The lowest BCUT2D eigenvalue weighted by atomic mass is 9.95. The highest BCUT2D eigenvalue weighted by Gasteiger charge is 2.22. The molecule has 1 amide bonds. The zero-order valence-electron chi connectivity index (χ0n) is 13.3. The predicted octanol–water partition coefficient (Wildman–Crippen LogP) is 4.20. The van der Waals surface area contributed by atoms with Crippen LogP contribution in [0.2, 0.25) is 0 Å². The summed E-state index contributed by atoms with van der Waals surface area (Å²) < 4.78 is 11.3. The molecule has 0 bridgehead atoms. The van der Waals surface area contributed by atoms with Crippen molar-refractivity contribution >= 4 is 16.9 Å². The van der Waals surface area contributed by atoms with Crippen LogP contribution in [0.4, 0.5) is 0 Å². The predicted molar refractivity (Wildman–Crippen MR) is 86.5 cm³/mol. The Bertz CT molecular complexity index is 668. The number of carbonyl (C=O) groups excluding carboxylic acids is 1. The van der Waals surface area contributed by atoms with Crippen LogP contribution in [0.15, 0.2) is 22.6 Å². The largest absolute Gasteiger partial charge is 0.494 e. The second kappa shape index (κ2) is 6.42. The third kappa shape index (κ3) is 2.96. The van der Waals surface area contributed by atoms with E-state index in [2.05, 4.69) is 5.32 Å². The molecule has 1 heterocycles. The van der Waals surface area contributed by atoms with Gasteiger partial charge >= 0.3 is 0 Å². The molecule has 1 aromatic carbocycles. The normalized spacial score (nSPS) is 15.9. The molecule has 1 fully saturated rings. The minimum absolute atomic E-state index is 0.0986. The fourth-order valence-electron chi connectivity index (χ4n) is 3.17. The summed E-state index contributed by atoms with van der Waals surface area (Å²) in [6.45, 7) is 4.50. The molecule has 2 aromatic rings. The second-order valence-corrected chi connectivity index (χ2v) is 5.96. The van der Waals surface area contributed by atoms with Crippen molar-refractivity contribution in [2.24, 2.45) is 0 Å². The molecular formula is C18H23NO3. The Balaban J connectivity index is 1.83. The molecular weight excluding hydrogens is 278 g/mol. The third-order valence-electron chi connectivity index (χ3n) is 4.37. The minimum atomic E-state index is -0.0986. The summed E-state index contributed by atoms with van der Waals surface area (Å²) in [5.41, 5.74) is 1.61. The highest BCUT2D eigenvalue weighted by molar-refractivity contribution is 5.99. The number of benzene rings is 1. The van der Waals surface area contributed by atoms with E-state index >= 15 is 0 Å². The standard InChI is InChI=1S/C18H23NO3/c1-3-21-14-9-10-16-15(11-14)12(2)17(22-16)18(20)19-13-7-5-4-6-8-13/h9-11,13H,3-8H2,1-2H3,(H,19,20). The minimum Gasteiger partial charge on any atom is -0.494 e. The fourth-order valence-corrected chi connectivity index (χ4v) is 3.17. The average molecular weight is 301 g/mol. The van der Waals surface area contributed by atoms with Crippen LogP contribution in [0.1, 0.15) is 55.1 Å². The van der Waals surface area contributed by atoms with Crippen molar-refractivity contribution in [2.45, 2.75) is 52.0 Å². The van der Waals surface area contributed by atoms with Gasteiger partial charge in [0.05, 0.1) is 6.61 Å². The molecule has 0 radical (unpaired) electrons. The van der Waals surface area contributed by atoms with Gasteiger partial charge in [0.1, 0.15) is 11.3 Å². The van der Waals surface area contributed by atoms with E-state index < -0.39 is 0 Å². The molecule has 1 aliphatic rings. The fraction of sp³-hybridized carbons (Fsp3) is 0.500. The summed E-state index contributed by atoms with van der Waals surface area (Å²) in [6, 6.07) is 5.96. The van der Waals surface area contributed by atoms with Crippen LogP contribution < -0.4 is 10.1 Å². The van der Waals surface area contributed by atoms with Crippen LogP contribution in [-0.4, -0.2) is 18.6 Å². The molecule has 4 nitrogen and oxygen atoms in total. The zero-order valence-corrected chi connectivity index (χ0v) is 13.3. The monoisotopic (exact) mass is 301 g/mol. The van der Waals surface area contributed by atoms with Crippen LogP contribution in [0, 0.1) is 6.92 Å². The lowest BCUT2D eigenvalue weighted by Crippen LogP contribution is -2.36. The van der Waals surface area contributed by atoms with E-state index in [1.807, 2.05) is 32.0 Å². The van der Waals surface area contributed by atoms with Crippen molar-refractivity contribution in [3.8, 4) is 5.75 Å². The Labute approximate surface area is 130 Å². The van der Waals surface area contributed by atoms with E-state index in [1.54, 1.807) is 0 Å². The second-order valence-electron chi connectivity index (χ2n) is 5.96. The maximum absolute atomic E-state index is 12.5. The number of furan rings is 1. The Morgan fingerprint density at radius 3 is 2.82 bits per heavy atom. The van der Waals surface area contributed by atoms with Gasteiger partial charge in [0.2, 0.25) is 0 Å². The number of carbonyl (C=O) groups is 1. The van der Waals surface area contributed by atoms with Gasteiger partial charge in [-0.2, -0.15) is 0 Å². The summed E-state index contributed by atoms with van der Waals surface area (Å²) in [5.74, 6) is 1.13. The van der Waals surface area contributed by atoms with Crippen LogP contribution >= 0.6 is 0 Å². The van der Waals surface area contributed by atoms with Crippen molar-refractivity contribution in [1.29, 1.82) is 0 Å². The van der Waals surface area contributed by atoms with E-state index in [0.29, 0.717) is 12.4 Å². The molecule has 0 atom stereocenters. The van der Waals surface area contributed by atoms with Gasteiger partial charge in [-0.1, -0.05) is 19.3 Å². The Hall–Kier alpha value is -1.97. The van der Waals surface area contributed by atoms with Gasteiger partial charge < -0.3 is 14.5 Å². The van der Waals surface area contributed by atoms with E-state index in [9.17, 15) is 4.79 Å². The van der Waals surface area contributed by atoms with Gasteiger partial charge in [-0.15, -0.1) is 0 Å². The first-order valence-electron chi connectivity index (χ1n) is 8.16. The van der Waals surface area contributed by atoms with Crippen molar-refractivity contribution < 1.29 is 13.9 Å². The molecule has 4 heteroatoms. The maximum Gasteiger partial charge on any atom is 0.287 e. The third-order valence-corrected chi connectivity index (χ3v) is 4.37. The Kier molecular flexibility index (Phi) is 4.36. The molecule has 22 heavy (non-hydrogen) atoms. The lowest BCUT2D eigenvalue weighted by Gasteiger charge is -2.22. The maximum atomic E-state index is 12.5. The van der Waals surface area contributed by atoms with Crippen LogP contribution in [0.3, 0.4) is 0 Å².